The lowest BCUT2D eigenvalue weighted by molar-refractivity contribution is 0.102. The van der Waals surface area contributed by atoms with Crippen LogP contribution in [-0.4, -0.2) is 16.0 Å². The summed E-state index contributed by atoms with van der Waals surface area (Å²) in [5.74, 6) is 0.221. The molecule has 0 atom stereocenters. The molecule has 2 aromatic rings. The van der Waals surface area contributed by atoms with Crippen molar-refractivity contribution in [3.8, 4) is 5.75 Å². The smallest absolute Gasteiger partial charge is 0.260 e. The zero-order valence-corrected chi connectivity index (χ0v) is 8.60. The number of nitrogens with one attached hydrogen (secondary N) is 1. The van der Waals surface area contributed by atoms with Gasteiger partial charge in [0.15, 0.2) is 11.6 Å². The van der Waals surface area contributed by atoms with E-state index in [0.717, 1.165) is 0 Å². The number of aromatic hydroxyl groups is 1. The molecule has 0 radical (unpaired) electrons. The van der Waals surface area contributed by atoms with E-state index in [-0.39, 0.29) is 17.5 Å². The van der Waals surface area contributed by atoms with Gasteiger partial charge in [-0.15, -0.1) is 0 Å². The van der Waals surface area contributed by atoms with Crippen molar-refractivity contribution in [1.82, 2.24) is 4.98 Å². The molecule has 0 saturated heterocycles. The third-order valence-corrected chi connectivity index (χ3v) is 2.12. The van der Waals surface area contributed by atoms with Gasteiger partial charge in [-0.25, -0.2) is 4.98 Å². The number of carbonyl (C=O) groups is 1. The summed E-state index contributed by atoms with van der Waals surface area (Å²) < 4.78 is 5.01. The van der Waals surface area contributed by atoms with Crippen LogP contribution in [0.4, 0.5) is 5.82 Å². The summed E-state index contributed by atoms with van der Waals surface area (Å²) in [7, 11) is 0. The first kappa shape index (κ1) is 10.2. The molecule has 0 bridgehead atoms. The van der Waals surface area contributed by atoms with Gasteiger partial charge in [-0.2, -0.15) is 0 Å². The molecule has 0 spiro atoms. The number of pyridine rings is 1. The molecule has 1 amide bonds. The summed E-state index contributed by atoms with van der Waals surface area (Å²) in [5.41, 5.74) is 0.421. The van der Waals surface area contributed by atoms with Crippen molar-refractivity contribution in [2.24, 2.45) is 0 Å². The van der Waals surface area contributed by atoms with Crippen LogP contribution in [0.15, 0.2) is 35.1 Å². The molecule has 0 aliphatic rings. The maximum Gasteiger partial charge on any atom is 0.260 e. The van der Waals surface area contributed by atoms with Crippen molar-refractivity contribution >= 4 is 11.7 Å². The highest BCUT2D eigenvalue weighted by atomic mass is 16.3. The van der Waals surface area contributed by atoms with Crippen LogP contribution in [0.2, 0.25) is 0 Å². The molecule has 2 heterocycles. The lowest BCUT2D eigenvalue weighted by Crippen LogP contribution is -2.13. The Hall–Kier alpha value is -2.30. The summed E-state index contributed by atoms with van der Waals surface area (Å²) in [6.45, 7) is 1.69. The van der Waals surface area contributed by atoms with Crippen molar-refractivity contribution in [3.05, 3.63) is 42.0 Å². The van der Waals surface area contributed by atoms with E-state index in [1.807, 2.05) is 0 Å². The highest BCUT2D eigenvalue weighted by Crippen LogP contribution is 2.19. The molecule has 16 heavy (non-hydrogen) atoms. The van der Waals surface area contributed by atoms with Crippen molar-refractivity contribution in [3.63, 3.8) is 0 Å². The van der Waals surface area contributed by atoms with Gasteiger partial charge in [-0.05, 0) is 25.1 Å². The molecule has 0 aliphatic heterocycles. The number of amides is 1. The Kier molecular flexibility index (Phi) is 2.59. The van der Waals surface area contributed by atoms with Gasteiger partial charge in [0.1, 0.15) is 5.76 Å². The number of rotatable bonds is 2. The summed E-state index contributed by atoms with van der Waals surface area (Å²) in [5, 5.41) is 11.9. The van der Waals surface area contributed by atoms with E-state index >= 15 is 0 Å². The maximum atomic E-state index is 11.7. The van der Waals surface area contributed by atoms with Gasteiger partial charge in [0.2, 0.25) is 0 Å². The third-order valence-electron chi connectivity index (χ3n) is 2.12. The number of aromatic nitrogens is 1. The number of furan rings is 1. The molecule has 2 N–H and O–H groups in total. The minimum absolute atomic E-state index is 0.0722. The third kappa shape index (κ3) is 1.88. The second-order valence-electron chi connectivity index (χ2n) is 3.22. The second-order valence-corrected chi connectivity index (χ2v) is 3.22. The van der Waals surface area contributed by atoms with E-state index in [9.17, 15) is 9.90 Å². The zero-order valence-electron chi connectivity index (χ0n) is 8.60. The topological polar surface area (TPSA) is 75.4 Å². The SMILES string of the molecule is Cc1occc1C(=O)Nc1ncccc1O. The van der Waals surface area contributed by atoms with E-state index in [0.29, 0.717) is 11.3 Å². The fourth-order valence-electron chi connectivity index (χ4n) is 1.29. The van der Waals surface area contributed by atoms with Gasteiger partial charge in [-0.3, -0.25) is 4.79 Å². The number of aryl methyl sites for hydroxylation is 1. The van der Waals surface area contributed by atoms with E-state index in [1.54, 1.807) is 19.1 Å². The summed E-state index contributed by atoms with van der Waals surface area (Å²) in [4.78, 5) is 15.6. The molecule has 2 aromatic heterocycles. The predicted octanol–water partition coefficient (Wildman–Crippen LogP) is 1.94. The van der Waals surface area contributed by atoms with Gasteiger partial charge < -0.3 is 14.8 Å². The van der Waals surface area contributed by atoms with Gasteiger partial charge in [0.05, 0.1) is 11.8 Å². The largest absolute Gasteiger partial charge is 0.504 e. The van der Waals surface area contributed by atoms with Crippen molar-refractivity contribution in [2.75, 3.05) is 5.32 Å². The molecule has 82 valence electrons. The first-order valence-electron chi connectivity index (χ1n) is 4.68. The maximum absolute atomic E-state index is 11.7. The Balaban J connectivity index is 2.21. The fraction of sp³-hybridized carbons (Fsp3) is 0.0909. The van der Waals surface area contributed by atoms with Crippen LogP contribution in [0.5, 0.6) is 5.75 Å². The van der Waals surface area contributed by atoms with Crippen molar-refractivity contribution in [1.29, 1.82) is 0 Å². The van der Waals surface area contributed by atoms with Crippen molar-refractivity contribution in [2.45, 2.75) is 6.92 Å². The van der Waals surface area contributed by atoms with Crippen LogP contribution in [-0.2, 0) is 0 Å². The van der Waals surface area contributed by atoms with Gasteiger partial charge in [0.25, 0.3) is 5.91 Å². The summed E-state index contributed by atoms with van der Waals surface area (Å²) in [6.07, 6.45) is 2.92. The van der Waals surface area contributed by atoms with E-state index in [1.165, 1.54) is 18.5 Å². The molecule has 0 fully saturated rings. The number of carbonyl (C=O) groups excluding carboxylic acids is 1. The quantitative estimate of drug-likeness (QED) is 0.807. The zero-order chi connectivity index (χ0) is 11.5. The molecule has 5 nitrogen and oxygen atoms in total. The highest BCUT2D eigenvalue weighted by molar-refractivity contribution is 6.04. The predicted molar refractivity (Wildman–Crippen MR) is 57.3 cm³/mol. The molecule has 0 unspecified atom stereocenters. The van der Waals surface area contributed by atoms with Crippen LogP contribution in [0.1, 0.15) is 16.1 Å². The van der Waals surface area contributed by atoms with Gasteiger partial charge >= 0.3 is 0 Å². The van der Waals surface area contributed by atoms with Crippen LogP contribution in [0.25, 0.3) is 0 Å². The van der Waals surface area contributed by atoms with Crippen LogP contribution in [0, 0.1) is 6.92 Å². The van der Waals surface area contributed by atoms with Crippen LogP contribution >= 0.6 is 0 Å². The van der Waals surface area contributed by atoms with Crippen LogP contribution < -0.4 is 5.32 Å². The van der Waals surface area contributed by atoms with E-state index in [2.05, 4.69) is 10.3 Å². The molecule has 5 heteroatoms. The Morgan fingerprint density at radius 2 is 2.31 bits per heavy atom. The molecule has 0 aromatic carbocycles. The average molecular weight is 218 g/mol. The fourth-order valence-corrected chi connectivity index (χ4v) is 1.29. The summed E-state index contributed by atoms with van der Waals surface area (Å²) >= 11 is 0. The van der Waals surface area contributed by atoms with Gasteiger partial charge in [0, 0.05) is 6.20 Å². The number of hydrogen-bond donors (Lipinski definition) is 2. The Bertz CT molecular complexity index is 519. The molecule has 2 rings (SSSR count). The van der Waals surface area contributed by atoms with Gasteiger partial charge in [-0.1, -0.05) is 0 Å². The van der Waals surface area contributed by atoms with Crippen LogP contribution in [0.3, 0.4) is 0 Å². The normalized spacial score (nSPS) is 10.1. The Morgan fingerprint density at radius 3 is 2.94 bits per heavy atom. The minimum atomic E-state index is -0.361. The van der Waals surface area contributed by atoms with E-state index in [4.69, 9.17) is 4.42 Å². The molecular formula is C11H10N2O3. The molecule has 0 saturated carbocycles. The Labute approximate surface area is 91.7 Å². The Morgan fingerprint density at radius 1 is 1.50 bits per heavy atom. The number of nitrogens with zero attached hydrogens (tertiary/aromatic N) is 1. The minimum Gasteiger partial charge on any atom is -0.504 e. The number of hydrogen-bond acceptors (Lipinski definition) is 4. The first-order valence-corrected chi connectivity index (χ1v) is 4.68. The van der Waals surface area contributed by atoms with E-state index < -0.39 is 0 Å². The van der Waals surface area contributed by atoms with Crippen molar-refractivity contribution < 1.29 is 14.3 Å². The second kappa shape index (κ2) is 4.06. The average Bonchev–Trinajstić information content (AvgIpc) is 2.68. The lowest BCUT2D eigenvalue weighted by atomic mass is 10.2. The summed E-state index contributed by atoms with van der Waals surface area (Å²) in [6, 6.07) is 4.59. The molecule has 0 aliphatic carbocycles. The monoisotopic (exact) mass is 218 g/mol. The molecular weight excluding hydrogens is 208 g/mol. The standard InChI is InChI=1S/C11H10N2O3/c1-7-8(4-6-16-7)11(15)13-10-9(14)3-2-5-12-10/h2-6,14H,1H3,(H,12,13,15). The highest BCUT2D eigenvalue weighted by Gasteiger charge is 2.13. The number of anilines is 1. The lowest BCUT2D eigenvalue weighted by Gasteiger charge is -2.04. The first-order chi connectivity index (χ1) is 7.68.